The SMILES string of the molecule is CCC1OCCC1C(=O)NCC1CCC(O)CC1. The van der Waals surface area contributed by atoms with E-state index < -0.39 is 0 Å². The molecule has 1 amide bonds. The van der Waals surface area contributed by atoms with Crippen LogP contribution in [-0.4, -0.2) is 36.4 Å². The molecule has 2 atom stereocenters. The van der Waals surface area contributed by atoms with E-state index in [1.807, 2.05) is 0 Å². The summed E-state index contributed by atoms with van der Waals surface area (Å²) in [5.74, 6) is 0.745. The summed E-state index contributed by atoms with van der Waals surface area (Å²) >= 11 is 0. The molecule has 4 heteroatoms. The van der Waals surface area contributed by atoms with E-state index in [1.54, 1.807) is 0 Å². The Kier molecular flexibility index (Phi) is 5.01. The number of aliphatic hydroxyl groups is 1. The molecule has 0 spiro atoms. The van der Waals surface area contributed by atoms with Gasteiger partial charge in [-0.3, -0.25) is 4.79 Å². The molecule has 2 unspecified atom stereocenters. The maximum absolute atomic E-state index is 12.1. The monoisotopic (exact) mass is 255 g/mol. The fourth-order valence-corrected chi connectivity index (χ4v) is 3.08. The Balaban J connectivity index is 1.71. The fraction of sp³-hybridized carbons (Fsp3) is 0.929. The lowest BCUT2D eigenvalue weighted by Crippen LogP contribution is -2.38. The van der Waals surface area contributed by atoms with Crippen LogP contribution in [0.4, 0.5) is 0 Å². The average molecular weight is 255 g/mol. The third kappa shape index (κ3) is 3.45. The number of rotatable bonds is 4. The quantitative estimate of drug-likeness (QED) is 0.799. The number of aliphatic hydroxyl groups excluding tert-OH is 1. The molecule has 1 heterocycles. The van der Waals surface area contributed by atoms with Crippen molar-refractivity contribution in [2.24, 2.45) is 11.8 Å². The van der Waals surface area contributed by atoms with Crippen LogP contribution >= 0.6 is 0 Å². The van der Waals surface area contributed by atoms with Crippen molar-refractivity contribution in [3.05, 3.63) is 0 Å². The lowest BCUT2D eigenvalue weighted by molar-refractivity contribution is -0.126. The van der Waals surface area contributed by atoms with E-state index in [0.717, 1.165) is 45.1 Å². The molecule has 4 nitrogen and oxygen atoms in total. The van der Waals surface area contributed by atoms with Crippen molar-refractivity contribution in [1.82, 2.24) is 5.32 Å². The minimum atomic E-state index is -0.121. The number of carbonyl (C=O) groups is 1. The van der Waals surface area contributed by atoms with Crippen LogP contribution in [0.15, 0.2) is 0 Å². The zero-order valence-electron chi connectivity index (χ0n) is 11.2. The van der Waals surface area contributed by atoms with Crippen LogP contribution in [0.1, 0.15) is 45.4 Å². The number of nitrogens with one attached hydrogen (secondary N) is 1. The highest BCUT2D eigenvalue weighted by atomic mass is 16.5. The maximum atomic E-state index is 12.1. The Hall–Kier alpha value is -0.610. The van der Waals surface area contributed by atoms with E-state index in [4.69, 9.17) is 4.74 Å². The summed E-state index contributed by atoms with van der Waals surface area (Å²) in [6, 6.07) is 0. The molecule has 18 heavy (non-hydrogen) atoms. The molecule has 2 aliphatic rings. The van der Waals surface area contributed by atoms with Crippen LogP contribution in [-0.2, 0) is 9.53 Å². The molecule has 104 valence electrons. The highest BCUT2D eigenvalue weighted by molar-refractivity contribution is 5.79. The van der Waals surface area contributed by atoms with Gasteiger partial charge in [-0.1, -0.05) is 6.92 Å². The van der Waals surface area contributed by atoms with Gasteiger partial charge in [0, 0.05) is 13.2 Å². The Morgan fingerprint density at radius 3 is 2.67 bits per heavy atom. The van der Waals surface area contributed by atoms with Crippen LogP contribution in [0.5, 0.6) is 0 Å². The molecule has 0 bridgehead atoms. The zero-order valence-corrected chi connectivity index (χ0v) is 11.2. The molecule has 2 N–H and O–H groups in total. The molecule has 2 rings (SSSR count). The molecule has 2 fully saturated rings. The molecule has 1 saturated carbocycles. The van der Waals surface area contributed by atoms with Gasteiger partial charge in [-0.05, 0) is 44.4 Å². The van der Waals surface area contributed by atoms with Crippen molar-refractivity contribution >= 4 is 5.91 Å². The Labute approximate surface area is 109 Å². The Morgan fingerprint density at radius 2 is 2.00 bits per heavy atom. The van der Waals surface area contributed by atoms with Crippen LogP contribution in [0, 0.1) is 11.8 Å². The minimum absolute atomic E-state index is 0.0455. The van der Waals surface area contributed by atoms with Crippen LogP contribution in [0.3, 0.4) is 0 Å². The average Bonchev–Trinajstić information content (AvgIpc) is 2.86. The molecule has 0 radical (unpaired) electrons. The van der Waals surface area contributed by atoms with Crippen LogP contribution in [0.2, 0.25) is 0 Å². The first kappa shape index (κ1) is 13.8. The third-order valence-electron chi connectivity index (χ3n) is 4.33. The summed E-state index contributed by atoms with van der Waals surface area (Å²) in [6.45, 7) is 3.55. The van der Waals surface area contributed by atoms with E-state index in [-0.39, 0.29) is 24.0 Å². The molecule has 1 saturated heterocycles. The van der Waals surface area contributed by atoms with Crippen molar-refractivity contribution in [2.45, 2.75) is 57.7 Å². The second-order valence-electron chi connectivity index (χ2n) is 5.63. The van der Waals surface area contributed by atoms with E-state index in [1.165, 1.54) is 0 Å². The molecule has 1 aliphatic heterocycles. The van der Waals surface area contributed by atoms with Crippen molar-refractivity contribution in [3.63, 3.8) is 0 Å². The summed E-state index contributed by atoms with van der Waals surface area (Å²) in [6.07, 6.45) is 5.57. The van der Waals surface area contributed by atoms with Crippen molar-refractivity contribution in [2.75, 3.05) is 13.2 Å². The van der Waals surface area contributed by atoms with Crippen molar-refractivity contribution in [3.8, 4) is 0 Å². The third-order valence-corrected chi connectivity index (χ3v) is 4.33. The first-order chi connectivity index (χ1) is 8.70. The standard InChI is InChI=1S/C14H25NO3/c1-2-13-12(7-8-18-13)14(17)15-9-10-3-5-11(16)6-4-10/h10-13,16H,2-9H2,1H3,(H,15,17). The van der Waals surface area contributed by atoms with Gasteiger partial charge < -0.3 is 15.2 Å². The normalized spacial score (nSPS) is 36.6. The van der Waals surface area contributed by atoms with Gasteiger partial charge in [-0.2, -0.15) is 0 Å². The van der Waals surface area contributed by atoms with Gasteiger partial charge in [0.2, 0.25) is 5.91 Å². The number of amides is 1. The largest absolute Gasteiger partial charge is 0.393 e. The number of hydrogen-bond donors (Lipinski definition) is 2. The Morgan fingerprint density at radius 1 is 1.28 bits per heavy atom. The van der Waals surface area contributed by atoms with Crippen molar-refractivity contribution in [1.29, 1.82) is 0 Å². The number of carbonyl (C=O) groups excluding carboxylic acids is 1. The molecule has 0 aromatic carbocycles. The molecular formula is C14H25NO3. The molecule has 0 aromatic heterocycles. The minimum Gasteiger partial charge on any atom is -0.393 e. The van der Waals surface area contributed by atoms with Crippen LogP contribution in [0.25, 0.3) is 0 Å². The summed E-state index contributed by atoms with van der Waals surface area (Å²) in [4.78, 5) is 12.1. The highest BCUT2D eigenvalue weighted by Crippen LogP contribution is 2.25. The van der Waals surface area contributed by atoms with E-state index in [0.29, 0.717) is 12.5 Å². The Bertz CT molecular complexity index is 274. The second-order valence-corrected chi connectivity index (χ2v) is 5.63. The first-order valence-corrected chi connectivity index (χ1v) is 7.28. The zero-order chi connectivity index (χ0) is 13.0. The number of ether oxygens (including phenoxy) is 1. The lowest BCUT2D eigenvalue weighted by Gasteiger charge is -2.26. The highest BCUT2D eigenvalue weighted by Gasteiger charge is 2.33. The topological polar surface area (TPSA) is 58.6 Å². The fourth-order valence-electron chi connectivity index (χ4n) is 3.08. The predicted molar refractivity (Wildman–Crippen MR) is 69.1 cm³/mol. The van der Waals surface area contributed by atoms with Gasteiger partial charge in [0.25, 0.3) is 0 Å². The maximum Gasteiger partial charge on any atom is 0.225 e. The van der Waals surface area contributed by atoms with Gasteiger partial charge in [0.05, 0.1) is 18.1 Å². The van der Waals surface area contributed by atoms with Gasteiger partial charge in [-0.25, -0.2) is 0 Å². The number of hydrogen-bond acceptors (Lipinski definition) is 3. The van der Waals surface area contributed by atoms with E-state index in [2.05, 4.69) is 12.2 Å². The van der Waals surface area contributed by atoms with E-state index >= 15 is 0 Å². The smallest absolute Gasteiger partial charge is 0.225 e. The summed E-state index contributed by atoms with van der Waals surface area (Å²) in [5.41, 5.74) is 0. The van der Waals surface area contributed by atoms with E-state index in [9.17, 15) is 9.90 Å². The van der Waals surface area contributed by atoms with Crippen LogP contribution < -0.4 is 5.32 Å². The summed E-state index contributed by atoms with van der Waals surface area (Å²) in [5, 5.41) is 12.5. The molecular weight excluding hydrogens is 230 g/mol. The van der Waals surface area contributed by atoms with Gasteiger partial charge in [0.1, 0.15) is 0 Å². The predicted octanol–water partition coefficient (Wildman–Crippen LogP) is 1.47. The second kappa shape index (κ2) is 6.53. The molecule has 0 aromatic rings. The van der Waals surface area contributed by atoms with Gasteiger partial charge in [-0.15, -0.1) is 0 Å². The lowest BCUT2D eigenvalue weighted by atomic mass is 9.87. The van der Waals surface area contributed by atoms with Crippen molar-refractivity contribution < 1.29 is 14.6 Å². The molecule has 1 aliphatic carbocycles. The first-order valence-electron chi connectivity index (χ1n) is 7.28. The van der Waals surface area contributed by atoms with Gasteiger partial charge in [0.15, 0.2) is 0 Å². The van der Waals surface area contributed by atoms with Gasteiger partial charge >= 0.3 is 0 Å². The summed E-state index contributed by atoms with van der Waals surface area (Å²) in [7, 11) is 0. The summed E-state index contributed by atoms with van der Waals surface area (Å²) < 4.78 is 5.55.